The molecule has 132 valence electrons. The molecule has 25 heavy (non-hydrogen) atoms. The first kappa shape index (κ1) is 18.6. The number of anilines is 1. The van der Waals surface area contributed by atoms with Gasteiger partial charge in [0.05, 0.1) is 9.30 Å². The number of pyridine rings is 1. The average molecular weight is 485 g/mol. The van der Waals surface area contributed by atoms with E-state index in [-0.39, 0.29) is 5.43 Å². The maximum atomic E-state index is 12.1. The minimum Gasteiger partial charge on any atom is -0.371 e. The molecule has 0 radical (unpaired) electrons. The third kappa shape index (κ3) is 4.53. The smallest absolute Gasteiger partial charge is 0.191 e. The largest absolute Gasteiger partial charge is 0.371 e. The van der Waals surface area contributed by atoms with E-state index in [9.17, 15) is 4.79 Å². The minimum atomic E-state index is 0.0410. The number of fused-ring (bicyclic) bond motifs is 1. The number of nitrogens with one attached hydrogen (secondary N) is 3. The number of H-pyrrole nitrogens is 1. The molecule has 2 heterocycles. The van der Waals surface area contributed by atoms with Crippen molar-refractivity contribution in [3.8, 4) is 0 Å². The van der Waals surface area contributed by atoms with Crippen LogP contribution in [0.5, 0.6) is 0 Å². The van der Waals surface area contributed by atoms with Crippen LogP contribution >= 0.6 is 43.2 Å². The van der Waals surface area contributed by atoms with Crippen LogP contribution in [0.3, 0.4) is 0 Å². The Labute approximate surface area is 167 Å². The molecule has 1 aromatic carbocycles. The van der Waals surface area contributed by atoms with Crippen molar-refractivity contribution < 1.29 is 0 Å². The second-order valence-corrected chi connectivity index (χ2v) is 9.00. The minimum absolute atomic E-state index is 0.0410. The van der Waals surface area contributed by atoms with Crippen molar-refractivity contribution in [1.29, 1.82) is 0 Å². The Balaban J connectivity index is 1.46. The Morgan fingerprint density at radius 3 is 2.76 bits per heavy atom. The third-order valence-electron chi connectivity index (χ3n) is 4.00. The molecule has 0 fully saturated rings. The number of halogens is 2. The van der Waals surface area contributed by atoms with Gasteiger partial charge in [-0.25, -0.2) is 0 Å². The summed E-state index contributed by atoms with van der Waals surface area (Å²) in [5.74, 6) is 0.769. The molecule has 3 rings (SSSR count). The number of thiophene rings is 1. The van der Waals surface area contributed by atoms with E-state index in [0.29, 0.717) is 0 Å². The van der Waals surface area contributed by atoms with E-state index in [1.807, 2.05) is 24.3 Å². The summed E-state index contributed by atoms with van der Waals surface area (Å²) in [5.41, 5.74) is 2.19. The van der Waals surface area contributed by atoms with Crippen LogP contribution in [0.25, 0.3) is 10.9 Å². The molecule has 0 unspecified atom stereocenters. The fraction of sp³-hybridized carbons (Fsp3) is 0.278. The van der Waals surface area contributed by atoms with Crippen molar-refractivity contribution in [2.45, 2.75) is 19.9 Å². The topological polar surface area (TPSA) is 56.9 Å². The van der Waals surface area contributed by atoms with Crippen LogP contribution in [0.2, 0.25) is 0 Å². The van der Waals surface area contributed by atoms with Gasteiger partial charge in [-0.3, -0.25) is 4.79 Å². The lowest BCUT2D eigenvalue weighted by Gasteiger charge is -2.08. The lowest BCUT2D eigenvalue weighted by Crippen LogP contribution is -2.18. The fourth-order valence-electron chi connectivity index (χ4n) is 2.60. The molecular weight excluding hydrogens is 466 g/mol. The summed E-state index contributed by atoms with van der Waals surface area (Å²) in [6.45, 7) is 4.71. The summed E-state index contributed by atoms with van der Waals surface area (Å²) in [6.07, 6.45) is 0.974. The second-order valence-electron chi connectivity index (χ2n) is 5.79. The molecule has 4 nitrogen and oxygen atoms in total. The first-order valence-electron chi connectivity index (χ1n) is 8.06. The lowest BCUT2D eigenvalue weighted by molar-refractivity contribution is 0.666. The molecule has 0 saturated carbocycles. The van der Waals surface area contributed by atoms with Gasteiger partial charge in [-0.2, -0.15) is 0 Å². The van der Waals surface area contributed by atoms with Gasteiger partial charge in [-0.1, -0.05) is 12.1 Å². The predicted molar refractivity (Wildman–Crippen MR) is 114 cm³/mol. The molecule has 7 heteroatoms. The molecule has 0 bridgehead atoms. The number of hydrogen-bond donors (Lipinski definition) is 3. The van der Waals surface area contributed by atoms with Crippen molar-refractivity contribution in [3.05, 3.63) is 59.3 Å². The number of para-hydroxylation sites is 1. The molecule has 0 amide bonds. The van der Waals surface area contributed by atoms with Crippen molar-refractivity contribution in [3.63, 3.8) is 0 Å². The van der Waals surface area contributed by atoms with E-state index in [1.54, 1.807) is 17.4 Å². The molecular formula is C18H19Br2N3OS. The van der Waals surface area contributed by atoms with Gasteiger partial charge in [0.15, 0.2) is 5.43 Å². The SMILES string of the molecule is Cc1c(CNCCCNc2cc(=O)c3ccccc3[nH]2)sc(Br)c1Br. The Morgan fingerprint density at radius 1 is 1.20 bits per heavy atom. The summed E-state index contributed by atoms with van der Waals surface area (Å²) >= 11 is 8.89. The first-order chi connectivity index (χ1) is 12.1. The molecule has 0 aliphatic rings. The maximum Gasteiger partial charge on any atom is 0.191 e. The quantitative estimate of drug-likeness (QED) is 0.413. The summed E-state index contributed by atoms with van der Waals surface area (Å²) < 4.78 is 2.29. The van der Waals surface area contributed by atoms with Crippen LogP contribution in [0, 0.1) is 6.92 Å². The van der Waals surface area contributed by atoms with Gasteiger partial charge >= 0.3 is 0 Å². The van der Waals surface area contributed by atoms with E-state index in [2.05, 4.69) is 54.4 Å². The molecule has 0 saturated heterocycles. The lowest BCUT2D eigenvalue weighted by atomic mass is 10.2. The van der Waals surface area contributed by atoms with E-state index < -0.39 is 0 Å². The predicted octanol–water partition coefficient (Wildman–Crippen LogP) is 5.01. The summed E-state index contributed by atoms with van der Waals surface area (Å²) in [4.78, 5) is 16.7. The highest BCUT2D eigenvalue weighted by Gasteiger charge is 2.10. The van der Waals surface area contributed by atoms with Crippen molar-refractivity contribution >= 4 is 59.9 Å². The zero-order chi connectivity index (χ0) is 17.8. The van der Waals surface area contributed by atoms with Crippen molar-refractivity contribution in [1.82, 2.24) is 10.3 Å². The van der Waals surface area contributed by atoms with Crippen LogP contribution in [0.1, 0.15) is 16.9 Å². The standard InChI is InChI=1S/C18H19Br2N3OS/c1-11-15(25-18(20)17(11)19)10-21-7-4-8-22-16-9-14(24)12-5-2-3-6-13(12)23-16/h2-3,5-6,9,21H,4,7-8,10H2,1H3,(H2,22,23,24). The number of hydrogen-bond acceptors (Lipinski definition) is 4. The normalized spacial score (nSPS) is 11.2. The van der Waals surface area contributed by atoms with Gasteiger partial charge in [0, 0.05) is 33.9 Å². The zero-order valence-corrected chi connectivity index (χ0v) is 17.8. The molecule has 0 atom stereocenters. The van der Waals surface area contributed by atoms with Crippen LogP contribution in [-0.2, 0) is 6.54 Å². The van der Waals surface area contributed by atoms with Gasteiger partial charge in [-0.05, 0) is 69.4 Å². The van der Waals surface area contributed by atoms with Gasteiger partial charge in [0.25, 0.3) is 0 Å². The zero-order valence-electron chi connectivity index (χ0n) is 13.8. The monoisotopic (exact) mass is 483 g/mol. The highest BCUT2D eigenvalue weighted by atomic mass is 79.9. The van der Waals surface area contributed by atoms with Crippen LogP contribution < -0.4 is 16.1 Å². The number of aromatic nitrogens is 1. The summed E-state index contributed by atoms with van der Waals surface area (Å²) in [7, 11) is 0. The van der Waals surface area contributed by atoms with Crippen molar-refractivity contribution in [2.75, 3.05) is 18.4 Å². The summed E-state index contributed by atoms with van der Waals surface area (Å²) in [5, 5.41) is 7.48. The maximum absolute atomic E-state index is 12.1. The molecule has 0 aliphatic heterocycles. The van der Waals surface area contributed by atoms with Gasteiger partial charge < -0.3 is 15.6 Å². The Hall–Kier alpha value is -1.15. The summed E-state index contributed by atoms with van der Waals surface area (Å²) in [6, 6.07) is 9.19. The van der Waals surface area contributed by atoms with Crippen LogP contribution in [-0.4, -0.2) is 18.1 Å². The Morgan fingerprint density at radius 2 is 2.00 bits per heavy atom. The van der Waals surface area contributed by atoms with E-state index in [4.69, 9.17) is 0 Å². The fourth-order valence-corrected chi connectivity index (χ4v) is 4.98. The second kappa shape index (κ2) is 8.49. The Kier molecular flexibility index (Phi) is 6.33. The van der Waals surface area contributed by atoms with Crippen LogP contribution in [0.4, 0.5) is 5.82 Å². The molecule has 2 aromatic heterocycles. The van der Waals surface area contributed by atoms with Crippen molar-refractivity contribution in [2.24, 2.45) is 0 Å². The van der Waals surface area contributed by atoms with E-state index in [0.717, 1.165) is 51.0 Å². The van der Waals surface area contributed by atoms with Gasteiger partial charge in [0.1, 0.15) is 5.82 Å². The van der Waals surface area contributed by atoms with E-state index >= 15 is 0 Å². The molecule has 0 aliphatic carbocycles. The first-order valence-corrected chi connectivity index (χ1v) is 10.5. The molecule has 3 aromatic rings. The Bertz CT molecular complexity index is 936. The number of aromatic amines is 1. The average Bonchev–Trinajstić information content (AvgIpc) is 2.85. The third-order valence-corrected chi connectivity index (χ3v) is 7.75. The van der Waals surface area contributed by atoms with Crippen LogP contribution in [0.15, 0.2) is 43.4 Å². The van der Waals surface area contributed by atoms with Gasteiger partial charge in [-0.15, -0.1) is 11.3 Å². The number of benzene rings is 1. The number of rotatable bonds is 7. The molecule has 3 N–H and O–H groups in total. The highest BCUT2D eigenvalue weighted by Crippen LogP contribution is 2.36. The van der Waals surface area contributed by atoms with E-state index in [1.165, 1.54) is 10.4 Å². The highest BCUT2D eigenvalue weighted by molar-refractivity contribution is 9.13. The van der Waals surface area contributed by atoms with Gasteiger partial charge in [0.2, 0.25) is 0 Å². The molecule has 0 spiro atoms.